The van der Waals surface area contributed by atoms with E-state index in [1.807, 2.05) is 6.07 Å². The van der Waals surface area contributed by atoms with Crippen molar-refractivity contribution >= 4 is 11.7 Å². The van der Waals surface area contributed by atoms with Crippen LogP contribution in [0.4, 0.5) is 14.6 Å². The highest BCUT2D eigenvalue weighted by molar-refractivity contribution is 5.96. The molecule has 2 aromatic rings. The van der Waals surface area contributed by atoms with Crippen LogP contribution in [0.2, 0.25) is 0 Å². The summed E-state index contributed by atoms with van der Waals surface area (Å²) >= 11 is 0. The number of halogens is 2. The smallest absolute Gasteiger partial charge is 0.387 e. The van der Waals surface area contributed by atoms with Crippen molar-refractivity contribution in [1.82, 2.24) is 10.3 Å². The van der Waals surface area contributed by atoms with Gasteiger partial charge in [-0.15, -0.1) is 0 Å². The summed E-state index contributed by atoms with van der Waals surface area (Å²) in [5.74, 6) is 0.191. The quantitative estimate of drug-likeness (QED) is 0.854. The van der Waals surface area contributed by atoms with Crippen LogP contribution in [0.1, 0.15) is 15.9 Å². The number of rotatable bonds is 6. The molecule has 1 N–H and O–H groups in total. The van der Waals surface area contributed by atoms with Gasteiger partial charge in [-0.1, -0.05) is 12.1 Å². The van der Waals surface area contributed by atoms with Crippen LogP contribution in [0.25, 0.3) is 0 Å². The predicted molar refractivity (Wildman–Crippen MR) is 91.5 cm³/mol. The van der Waals surface area contributed by atoms with E-state index < -0.39 is 12.5 Å². The van der Waals surface area contributed by atoms with Crippen LogP contribution in [0.3, 0.4) is 0 Å². The first-order chi connectivity index (χ1) is 12.6. The normalized spacial score (nSPS) is 14.3. The van der Waals surface area contributed by atoms with Gasteiger partial charge >= 0.3 is 6.61 Å². The molecule has 1 amide bonds. The van der Waals surface area contributed by atoms with Crippen LogP contribution in [0, 0.1) is 0 Å². The Morgan fingerprint density at radius 3 is 2.81 bits per heavy atom. The number of carbonyl (C=O) groups excluding carboxylic acids is 1. The molecule has 0 atom stereocenters. The van der Waals surface area contributed by atoms with Crippen LogP contribution in [-0.2, 0) is 11.3 Å². The minimum Gasteiger partial charge on any atom is -0.434 e. The van der Waals surface area contributed by atoms with Gasteiger partial charge in [-0.25, -0.2) is 4.98 Å². The Morgan fingerprint density at radius 2 is 2.04 bits per heavy atom. The number of benzene rings is 1. The Morgan fingerprint density at radius 1 is 1.27 bits per heavy atom. The lowest BCUT2D eigenvalue weighted by Gasteiger charge is -2.28. The van der Waals surface area contributed by atoms with E-state index in [-0.39, 0.29) is 17.9 Å². The number of nitrogens with one attached hydrogen (secondary N) is 1. The van der Waals surface area contributed by atoms with E-state index in [1.165, 1.54) is 18.2 Å². The van der Waals surface area contributed by atoms with Crippen molar-refractivity contribution in [3.63, 3.8) is 0 Å². The van der Waals surface area contributed by atoms with Crippen molar-refractivity contribution in [2.45, 2.75) is 13.2 Å². The van der Waals surface area contributed by atoms with Crippen molar-refractivity contribution in [1.29, 1.82) is 0 Å². The first-order valence-electron chi connectivity index (χ1n) is 8.23. The summed E-state index contributed by atoms with van der Waals surface area (Å²) in [6.45, 7) is 0.108. The Bertz CT molecular complexity index is 752. The van der Waals surface area contributed by atoms with E-state index in [0.717, 1.165) is 24.5 Å². The van der Waals surface area contributed by atoms with Crippen molar-refractivity contribution in [2.24, 2.45) is 0 Å². The molecule has 26 heavy (non-hydrogen) atoms. The number of aromatic nitrogens is 1. The number of amides is 1. The van der Waals surface area contributed by atoms with Gasteiger partial charge in [0, 0.05) is 25.8 Å². The van der Waals surface area contributed by atoms with Crippen LogP contribution in [0.15, 0.2) is 42.6 Å². The Labute approximate surface area is 149 Å². The second-order valence-corrected chi connectivity index (χ2v) is 5.68. The standard InChI is InChI=1S/C18H19F2N3O3/c19-18(20)26-15-4-2-1-3-14(15)17(24)22-12-13-5-6-21-16(11-13)23-7-9-25-10-8-23/h1-6,11,18H,7-10,12H2,(H,22,24). The van der Waals surface area contributed by atoms with Gasteiger partial charge in [-0.3, -0.25) is 4.79 Å². The average molecular weight is 363 g/mol. The topological polar surface area (TPSA) is 63.7 Å². The summed E-state index contributed by atoms with van der Waals surface area (Å²) in [5, 5.41) is 2.72. The zero-order valence-electron chi connectivity index (χ0n) is 14.0. The number of para-hydroxylation sites is 1. The number of hydrogen-bond acceptors (Lipinski definition) is 5. The number of alkyl halides is 2. The average Bonchev–Trinajstić information content (AvgIpc) is 2.67. The highest BCUT2D eigenvalue weighted by atomic mass is 19.3. The Kier molecular flexibility index (Phi) is 5.96. The Balaban J connectivity index is 1.65. The van der Waals surface area contributed by atoms with Gasteiger partial charge in [0.1, 0.15) is 11.6 Å². The van der Waals surface area contributed by atoms with Crippen molar-refractivity contribution in [2.75, 3.05) is 31.2 Å². The highest BCUT2D eigenvalue weighted by Gasteiger charge is 2.16. The zero-order chi connectivity index (χ0) is 18.4. The van der Waals surface area contributed by atoms with Crippen LogP contribution < -0.4 is 15.0 Å². The monoisotopic (exact) mass is 363 g/mol. The third-order valence-corrected chi connectivity index (χ3v) is 3.95. The van der Waals surface area contributed by atoms with E-state index >= 15 is 0 Å². The molecule has 1 aliphatic heterocycles. The molecule has 1 fully saturated rings. The summed E-state index contributed by atoms with van der Waals surface area (Å²) in [6, 6.07) is 9.60. The maximum atomic E-state index is 12.5. The molecule has 1 aromatic heterocycles. The van der Waals surface area contributed by atoms with Gasteiger partial charge in [-0.2, -0.15) is 8.78 Å². The molecule has 1 aromatic carbocycles. The third kappa shape index (κ3) is 4.66. The summed E-state index contributed by atoms with van der Waals surface area (Å²) in [4.78, 5) is 18.8. The molecule has 0 radical (unpaired) electrons. The van der Waals surface area contributed by atoms with Gasteiger partial charge in [0.05, 0.1) is 18.8 Å². The third-order valence-electron chi connectivity index (χ3n) is 3.95. The minimum absolute atomic E-state index is 0.0651. The molecule has 0 unspecified atom stereocenters. The van der Waals surface area contributed by atoms with E-state index in [0.29, 0.717) is 13.2 Å². The zero-order valence-corrected chi connectivity index (χ0v) is 14.0. The number of carbonyl (C=O) groups is 1. The maximum Gasteiger partial charge on any atom is 0.387 e. The van der Waals surface area contributed by atoms with Crippen LogP contribution >= 0.6 is 0 Å². The molecule has 2 heterocycles. The summed E-state index contributed by atoms with van der Waals surface area (Å²) in [5.41, 5.74) is 0.928. The number of pyridine rings is 1. The fourth-order valence-corrected chi connectivity index (χ4v) is 2.67. The second-order valence-electron chi connectivity index (χ2n) is 5.68. The maximum absolute atomic E-state index is 12.5. The molecule has 3 rings (SSSR count). The van der Waals surface area contributed by atoms with E-state index in [2.05, 4.69) is 19.9 Å². The fraction of sp³-hybridized carbons (Fsp3) is 0.333. The largest absolute Gasteiger partial charge is 0.434 e. The van der Waals surface area contributed by atoms with Gasteiger partial charge in [0.15, 0.2) is 0 Å². The Hall–Kier alpha value is -2.74. The van der Waals surface area contributed by atoms with Gasteiger partial charge in [0.25, 0.3) is 5.91 Å². The number of morpholine rings is 1. The first-order valence-corrected chi connectivity index (χ1v) is 8.23. The van der Waals surface area contributed by atoms with Crippen molar-refractivity contribution in [3.05, 3.63) is 53.7 Å². The molecule has 0 spiro atoms. The molecular formula is C18H19F2N3O3. The molecular weight excluding hydrogens is 344 g/mol. The summed E-state index contributed by atoms with van der Waals surface area (Å²) < 4.78 is 34.6. The molecule has 1 aliphatic rings. The predicted octanol–water partition coefficient (Wildman–Crippen LogP) is 2.45. The number of ether oxygens (including phenoxy) is 2. The summed E-state index contributed by atoms with van der Waals surface area (Å²) in [6.07, 6.45) is 1.68. The first kappa shape index (κ1) is 18.1. The van der Waals surface area contributed by atoms with Crippen molar-refractivity contribution in [3.8, 4) is 5.75 Å². The lowest BCUT2D eigenvalue weighted by atomic mass is 10.1. The van der Waals surface area contributed by atoms with Crippen LogP contribution in [0.5, 0.6) is 5.75 Å². The van der Waals surface area contributed by atoms with E-state index in [1.54, 1.807) is 18.3 Å². The van der Waals surface area contributed by atoms with Gasteiger partial charge < -0.3 is 19.7 Å². The molecule has 138 valence electrons. The molecule has 0 bridgehead atoms. The lowest BCUT2D eigenvalue weighted by Crippen LogP contribution is -2.36. The molecule has 0 aliphatic carbocycles. The lowest BCUT2D eigenvalue weighted by molar-refractivity contribution is -0.0501. The van der Waals surface area contributed by atoms with Crippen molar-refractivity contribution < 1.29 is 23.0 Å². The van der Waals surface area contributed by atoms with E-state index in [9.17, 15) is 13.6 Å². The number of anilines is 1. The SMILES string of the molecule is O=C(NCc1ccnc(N2CCOCC2)c1)c1ccccc1OC(F)F. The van der Waals surface area contributed by atoms with Gasteiger partial charge in [0.2, 0.25) is 0 Å². The fourth-order valence-electron chi connectivity index (χ4n) is 2.67. The second kappa shape index (κ2) is 8.57. The number of nitrogens with zero attached hydrogens (tertiary/aromatic N) is 2. The van der Waals surface area contributed by atoms with E-state index in [4.69, 9.17) is 4.74 Å². The minimum atomic E-state index is -2.99. The van der Waals surface area contributed by atoms with Gasteiger partial charge in [-0.05, 0) is 29.8 Å². The number of hydrogen-bond donors (Lipinski definition) is 1. The van der Waals surface area contributed by atoms with Crippen LogP contribution in [-0.4, -0.2) is 43.8 Å². The molecule has 6 nitrogen and oxygen atoms in total. The summed E-state index contributed by atoms with van der Waals surface area (Å²) in [7, 11) is 0. The molecule has 1 saturated heterocycles. The molecule has 0 saturated carbocycles. The highest BCUT2D eigenvalue weighted by Crippen LogP contribution is 2.20. The molecule has 8 heteroatoms.